The summed E-state index contributed by atoms with van der Waals surface area (Å²) in [6, 6.07) is 7.83. The second-order valence-electron chi connectivity index (χ2n) is 8.07. The molecule has 0 bridgehead atoms. The number of aryl methyl sites for hydroxylation is 2. The SMILES string of the molecule is CCc1sc(-c2ccc(OC)c(OCCN3CCC3)c2)nc1C(C)Sc1nc(C)cc(N)n1. The van der Waals surface area contributed by atoms with Gasteiger partial charge in [0.1, 0.15) is 17.4 Å². The van der Waals surface area contributed by atoms with Gasteiger partial charge in [0.2, 0.25) is 0 Å². The van der Waals surface area contributed by atoms with Gasteiger partial charge in [0.15, 0.2) is 16.7 Å². The molecule has 0 saturated carbocycles. The predicted octanol–water partition coefficient (Wildman–Crippen LogP) is 5.00. The first-order chi connectivity index (χ1) is 16.0. The van der Waals surface area contributed by atoms with Crippen molar-refractivity contribution in [3.05, 3.63) is 40.5 Å². The van der Waals surface area contributed by atoms with Crippen molar-refractivity contribution in [2.45, 2.75) is 44.0 Å². The molecule has 1 atom stereocenters. The molecule has 2 N–H and O–H groups in total. The highest BCUT2D eigenvalue weighted by Gasteiger charge is 2.20. The molecule has 1 saturated heterocycles. The molecule has 1 aliphatic rings. The van der Waals surface area contributed by atoms with Gasteiger partial charge in [-0.15, -0.1) is 11.3 Å². The number of rotatable bonds is 10. The van der Waals surface area contributed by atoms with Crippen LogP contribution in [0.5, 0.6) is 11.5 Å². The first-order valence-electron chi connectivity index (χ1n) is 11.3. The highest BCUT2D eigenvalue weighted by Crippen LogP contribution is 2.40. The quantitative estimate of drug-likeness (QED) is 0.317. The maximum Gasteiger partial charge on any atom is 0.190 e. The molecule has 0 amide bonds. The van der Waals surface area contributed by atoms with Gasteiger partial charge in [0, 0.05) is 28.7 Å². The lowest BCUT2D eigenvalue weighted by Crippen LogP contribution is -2.39. The van der Waals surface area contributed by atoms with Gasteiger partial charge in [-0.1, -0.05) is 18.7 Å². The number of thioether (sulfide) groups is 1. The first kappa shape index (κ1) is 23.8. The Balaban J connectivity index is 1.54. The number of hydrogen-bond donors (Lipinski definition) is 1. The minimum atomic E-state index is 0.108. The van der Waals surface area contributed by atoms with Crippen LogP contribution in [0, 0.1) is 6.92 Å². The van der Waals surface area contributed by atoms with Crippen LogP contribution in [0.4, 0.5) is 5.82 Å². The highest BCUT2D eigenvalue weighted by atomic mass is 32.2. The molecule has 33 heavy (non-hydrogen) atoms. The topological polar surface area (TPSA) is 86.4 Å². The van der Waals surface area contributed by atoms with Crippen molar-refractivity contribution < 1.29 is 9.47 Å². The smallest absolute Gasteiger partial charge is 0.190 e. The summed E-state index contributed by atoms with van der Waals surface area (Å²) in [6.45, 7) is 10.2. The molecule has 0 radical (unpaired) electrons. The summed E-state index contributed by atoms with van der Waals surface area (Å²) in [5.74, 6) is 2.00. The number of hydrogen-bond acceptors (Lipinski definition) is 9. The number of likely N-dealkylation sites (tertiary alicyclic amines) is 1. The molecule has 7 nitrogen and oxygen atoms in total. The largest absolute Gasteiger partial charge is 0.493 e. The van der Waals surface area contributed by atoms with Crippen molar-refractivity contribution in [1.82, 2.24) is 19.9 Å². The number of nitrogens with zero attached hydrogens (tertiary/aromatic N) is 4. The van der Waals surface area contributed by atoms with E-state index in [-0.39, 0.29) is 5.25 Å². The predicted molar refractivity (Wildman–Crippen MR) is 135 cm³/mol. The fourth-order valence-electron chi connectivity index (χ4n) is 3.70. The van der Waals surface area contributed by atoms with E-state index in [1.54, 1.807) is 36.3 Å². The van der Waals surface area contributed by atoms with Crippen LogP contribution in [0.25, 0.3) is 10.6 Å². The van der Waals surface area contributed by atoms with Gasteiger partial charge in [-0.3, -0.25) is 4.90 Å². The number of aromatic nitrogens is 3. The third-order valence-electron chi connectivity index (χ3n) is 5.59. The van der Waals surface area contributed by atoms with E-state index < -0.39 is 0 Å². The van der Waals surface area contributed by atoms with Crippen LogP contribution in [0.15, 0.2) is 29.4 Å². The summed E-state index contributed by atoms with van der Waals surface area (Å²) in [5.41, 5.74) is 8.88. The molecule has 0 aliphatic carbocycles. The van der Waals surface area contributed by atoms with Crippen LogP contribution in [-0.2, 0) is 6.42 Å². The lowest BCUT2D eigenvalue weighted by molar-refractivity contribution is 0.145. The molecular formula is C24H31N5O2S2. The van der Waals surface area contributed by atoms with Crippen molar-refractivity contribution in [3.63, 3.8) is 0 Å². The van der Waals surface area contributed by atoms with E-state index in [1.165, 1.54) is 24.4 Å². The molecule has 0 spiro atoms. The van der Waals surface area contributed by atoms with E-state index in [1.807, 2.05) is 25.1 Å². The number of ether oxygens (including phenoxy) is 2. The van der Waals surface area contributed by atoms with Crippen molar-refractivity contribution in [2.75, 3.05) is 39.1 Å². The molecule has 2 aromatic heterocycles. The monoisotopic (exact) mass is 485 g/mol. The Labute approximate surface area is 203 Å². The standard InChI is InChI=1S/C24H31N5O2S2/c1-5-20-22(16(3)32-24-26-15(2)13-21(25)27-24)28-23(33-20)17-7-8-18(30-4)19(14-17)31-12-11-29-9-6-10-29/h7-8,13-14,16H,5-6,9-12H2,1-4H3,(H2,25,26,27). The van der Waals surface area contributed by atoms with E-state index in [2.05, 4.69) is 28.7 Å². The Bertz CT molecular complexity index is 1080. The Morgan fingerprint density at radius 3 is 2.67 bits per heavy atom. The molecule has 9 heteroatoms. The molecule has 4 rings (SSSR count). The molecule has 1 unspecified atom stereocenters. The van der Waals surface area contributed by atoms with Gasteiger partial charge < -0.3 is 15.2 Å². The third kappa shape index (κ3) is 5.77. The number of thiazole rings is 1. The zero-order valence-electron chi connectivity index (χ0n) is 19.6. The van der Waals surface area contributed by atoms with Crippen molar-refractivity contribution in [1.29, 1.82) is 0 Å². The number of nitrogen functional groups attached to an aromatic ring is 1. The van der Waals surface area contributed by atoms with Crippen LogP contribution < -0.4 is 15.2 Å². The lowest BCUT2D eigenvalue weighted by atomic mass is 10.2. The Morgan fingerprint density at radius 2 is 2.00 bits per heavy atom. The van der Waals surface area contributed by atoms with Gasteiger partial charge >= 0.3 is 0 Å². The van der Waals surface area contributed by atoms with Crippen LogP contribution in [0.1, 0.15) is 41.8 Å². The molecule has 1 aliphatic heterocycles. The number of methoxy groups -OCH3 is 1. The minimum Gasteiger partial charge on any atom is -0.493 e. The summed E-state index contributed by atoms with van der Waals surface area (Å²) in [4.78, 5) is 17.6. The maximum absolute atomic E-state index is 6.09. The van der Waals surface area contributed by atoms with Crippen LogP contribution >= 0.6 is 23.1 Å². The van der Waals surface area contributed by atoms with Gasteiger partial charge in [-0.05, 0) is 58.0 Å². The van der Waals surface area contributed by atoms with E-state index in [4.69, 9.17) is 20.2 Å². The fraction of sp³-hybridized carbons (Fsp3) is 0.458. The average Bonchev–Trinajstić information content (AvgIpc) is 3.19. The van der Waals surface area contributed by atoms with Gasteiger partial charge in [-0.2, -0.15) is 0 Å². The van der Waals surface area contributed by atoms with E-state index >= 15 is 0 Å². The van der Waals surface area contributed by atoms with Gasteiger partial charge in [-0.25, -0.2) is 15.0 Å². The summed E-state index contributed by atoms with van der Waals surface area (Å²) in [5, 5.41) is 1.77. The first-order valence-corrected chi connectivity index (χ1v) is 13.0. The Kier molecular flexibility index (Phi) is 7.72. The minimum absolute atomic E-state index is 0.108. The highest BCUT2D eigenvalue weighted by molar-refractivity contribution is 7.99. The van der Waals surface area contributed by atoms with Gasteiger partial charge in [0.05, 0.1) is 18.1 Å². The van der Waals surface area contributed by atoms with Crippen molar-refractivity contribution in [3.8, 4) is 22.1 Å². The molecular weight excluding hydrogens is 454 g/mol. The number of nitrogens with two attached hydrogens (primary N) is 1. The maximum atomic E-state index is 6.09. The Morgan fingerprint density at radius 1 is 1.18 bits per heavy atom. The van der Waals surface area contributed by atoms with Crippen molar-refractivity contribution in [2.24, 2.45) is 0 Å². The zero-order chi connectivity index (χ0) is 23.4. The Hall–Kier alpha value is -2.36. The van der Waals surface area contributed by atoms with Gasteiger partial charge in [0.25, 0.3) is 0 Å². The second-order valence-corrected chi connectivity index (χ2v) is 10.5. The number of anilines is 1. The van der Waals surface area contributed by atoms with Crippen LogP contribution in [-0.4, -0.2) is 53.2 Å². The van der Waals surface area contributed by atoms with Crippen molar-refractivity contribution >= 4 is 28.9 Å². The zero-order valence-corrected chi connectivity index (χ0v) is 21.3. The van der Waals surface area contributed by atoms with E-state index in [0.717, 1.165) is 46.4 Å². The van der Waals surface area contributed by atoms with E-state index in [9.17, 15) is 0 Å². The molecule has 176 valence electrons. The van der Waals surface area contributed by atoms with E-state index in [0.29, 0.717) is 17.6 Å². The molecule has 3 heterocycles. The second kappa shape index (κ2) is 10.7. The molecule has 1 aromatic carbocycles. The average molecular weight is 486 g/mol. The third-order valence-corrected chi connectivity index (χ3v) is 7.83. The van der Waals surface area contributed by atoms with Crippen LogP contribution in [0.2, 0.25) is 0 Å². The summed E-state index contributed by atoms with van der Waals surface area (Å²) in [6.07, 6.45) is 2.20. The molecule has 3 aromatic rings. The molecule has 1 fully saturated rings. The summed E-state index contributed by atoms with van der Waals surface area (Å²) in [7, 11) is 1.67. The summed E-state index contributed by atoms with van der Waals surface area (Å²) >= 11 is 3.31. The lowest BCUT2D eigenvalue weighted by Gasteiger charge is -2.30. The fourth-order valence-corrected chi connectivity index (χ4v) is 5.85. The normalized spacial score (nSPS) is 14.7. The summed E-state index contributed by atoms with van der Waals surface area (Å²) < 4.78 is 11.6. The van der Waals surface area contributed by atoms with Crippen LogP contribution in [0.3, 0.4) is 0 Å². The number of benzene rings is 1.